The second kappa shape index (κ2) is 5.67. The lowest BCUT2D eigenvalue weighted by Gasteiger charge is -2.05. The van der Waals surface area contributed by atoms with E-state index in [1.165, 1.54) is 4.68 Å². The molecule has 0 fully saturated rings. The zero-order chi connectivity index (χ0) is 14.0. The van der Waals surface area contributed by atoms with Crippen LogP contribution in [0.4, 0.5) is 11.9 Å². The summed E-state index contributed by atoms with van der Waals surface area (Å²) in [6, 6.07) is 5.17. The molecule has 0 spiro atoms. The van der Waals surface area contributed by atoms with Crippen molar-refractivity contribution in [2.45, 2.75) is 13.8 Å². The molecule has 1 aromatic carbocycles. The average molecular weight is 300 g/mol. The van der Waals surface area contributed by atoms with Crippen LogP contribution >= 0.6 is 23.2 Å². The maximum atomic E-state index is 5.98. The van der Waals surface area contributed by atoms with E-state index in [1.54, 1.807) is 18.2 Å². The monoisotopic (exact) mass is 299 g/mol. The van der Waals surface area contributed by atoms with Crippen LogP contribution in [-0.2, 0) is 0 Å². The maximum absolute atomic E-state index is 5.98. The van der Waals surface area contributed by atoms with Gasteiger partial charge in [-0.1, -0.05) is 37.0 Å². The first-order valence-corrected chi connectivity index (χ1v) is 6.65. The predicted molar refractivity (Wildman–Crippen MR) is 79.1 cm³/mol. The van der Waals surface area contributed by atoms with E-state index in [-0.39, 0.29) is 0 Å². The van der Waals surface area contributed by atoms with Crippen LogP contribution in [0.3, 0.4) is 0 Å². The van der Waals surface area contributed by atoms with Gasteiger partial charge in [-0.2, -0.15) is 9.67 Å². The Kier molecular flexibility index (Phi) is 4.17. The highest BCUT2D eigenvalue weighted by molar-refractivity contribution is 6.42. The van der Waals surface area contributed by atoms with Gasteiger partial charge in [-0.25, -0.2) is 0 Å². The van der Waals surface area contributed by atoms with Gasteiger partial charge in [-0.15, -0.1) is 5.10 Å². The smallest absolute Gasteiger partial charge is 0.244 e. The molecule has 2 rings (SSSR count). The highest BCUT2D eigenvalue weighted by Gasteiger charge is 2.10. The molecule has 0 saturated carbocycles. The van der Waals surface area contributed by atoms with Crippen LogP contribution in [0.25, 0.3) is 5.69 Å². The molecule has 5 nitrogen and oxygen atoms in total. The van der Waals surface area contributed by atoms with E-state index in [1.807, 2.05) is 0 Å². The molecule has 0 amide bonds. The van der Waals surface area contributed by atoms with Crippen molar-refractivity contribution in [1.82, 2.24) is 14.8 Å². The second-order valence-corrected chi connectivity index (χ2v) is 5.39. The summed E-state index contributed by atoms with van der Waals surface area (Å²) in [6.45, 7) is 4.99. The van der Waals surface area contributed by atoms with Gasteiger partial charge < -0.3 is 11.1 Å². The highest BCUT2D eigenvalue weighted by atomic mass is 35.5. The minimum atomic E-state index is 0.296. The van der Waals surface area contributed by atoms with Crippen LogP contribution in [0.2, 0.25) is 10.0 Å². The molecule has 0 bridgehead atoms. The summed E-state index contributed by atoms with van der Waals surface area (Å²) in [5.41, 5.74) is 6.56. The number of hydrogen-bond acceptors (Lipinski definition) is 4. The normalized spacial score (nSPS) is 11.0. The van der Waals surface area contributed by atoms with Crippen LogP contribution in [0, 0.1) is 5.92 Å². The van der Waals surface area contributed by atoms with Gasteiger partial charge in [0.25, 0.3) is 0 Å². The molecule has 1 aromatic heterocycles. The summed E-state index contributed by atoms with van der Waals surface area (Å²) < 4.78 is 1.52. The standard InChI is InChI=1S/C12H15Cl2N5/c1-7(2)6-16-12-17-11(15)19(18-12)8-3-4-9(13)10(14)5-8/h3-5,7H,6H2,1-2H3,(H3,15,16,17,18). The Morgan fingerprint density at radius 2 is 2.05 bits per heavy atom. The number of nitrogens with zero attached hydrogens (tertiary/aromatic N) is 3. The molecule has 0 aliphatic heterocycles. The third-order valence-corrected chi connectivity index (χ3v) is 3.19. The Labute approximate surface area is 121 Å². The van der Waals surface area contributed by atoms with E-state index >= 15 is 0 Å². The van der Waals surface area contributed by atoms with Crippen LogP contribution in [0.1, 0.15) is 13.8 Å². The molecule has 0 aliphatic rings. The summed E-state index contributed by atoms with van der Waals surface area (Å²) in [5.74, 6) is 1.29. The van der Waals surface area contributed by atoms with Gasteiger partial charge in [-0.05, 0) is 24.1 Å². The number of benzene rings is 1. The van der Waals surface area contributed by atoms with E-state index < -0.39 is 0 Å². The van der Waals surface area contributed by atoms with Crippen LogP contribution in [0.5, 0.6) is 0 Å². The zero-order valence-electron chi connectivity index (χ0n) is 10.7. The first-order chi connectivity index (χ1) is 8.97. The minimum absolute atomic E-state index is 0.296. The number of anilines is 2. The Morgan fingerprint density at radius 3 is 2.68 bits per heavy atom. The average Bonchev–Trinajstić information content (AvgIpc) is 2.72. The van der Waals surface area contributed by atoms with Gasteiger partial charge >= 0.3 is 0 Å². The Morgan fingerprint density at radius 1 is 1.32 bits per heavy atom. The van der Waals surface area contributed by atoms with Crippen LogP contribution in [0.15, 0.2) is 18.2 Å². The molecule has 0 atom stereocenters. The van der Waals surface area contributed by atoms with Crippen molar-refractivity contribution < 1.29 is 0 Å². The molecule has 0 aliphatic carbocycles. The topological polar surface area (TPSA) is 68.8 Å². The lowest BCUT2D eigenvalue weighted by atomic mass is 10.2. The fourth-order valence-corrected chi connectivity index (χ4v) is 1.79. The van der Waals surface area contributed by atoms with Gasteiger partial charge in [0.15, 0.2) is 0 Å². The number of nitrogen functional groups attached to an aromatic ring is 1. The van der Waals surface area contributed by atoms with Crippen molar-refractivity contribution in [3.8, 4) is 5.69 Å². The summed E-state index contributed by atoms with van der Waals surface area (Å²) in [7, 11) is 0. The number of nitrogens with one attached hydrogen (secondary N) is 1. The summed E-state index contributed by atoms with van der Waals surface area (Å²) in [5, 5.41) is 8.35. The molecule has 2 aromatic rings. The van der Waals surface area contributed by atoms with Gasteiger partial charge in [0.2, 0.25) is 11.9 Å². The van der Waals surface area contributed by atoms with E-state index in [0.717, 1.165) is 12.2 Å². The first kappa shape index (κ1) is 14.0. The van der Waals surface area contributed by atoms with E-state index in [4.69, 9.17) is 28.9 Å². The van der Waals surface area contributed by atoms with Crippen molar-refractivity contribution in [2.75, 3.05) is 17.6 Å². The van der Waals surface area contributed by atoms with Crippen molar-refractivity contribution >= 4 is 35.1 Å². The first-order valence-electron chi connectivity index (χ1n) is 5.89. The molecule has 7 heteroatoms. The van der Waals surface area contributed by atoms with Crippen molar-refractivity contribution in [3.63, 3.8) is 0 Å². The third kappa shape index (κ3) is 3.30. The molecular weight excluding hydrogens is 285 g/mol. The Balaban J connectivity index is 2.27. The van der Waals surface area contributed by atoms with E-state index in [9.17, 15) is 0 Å². The lowest BCUT2D eigenvalue weighted by molar-refractivity contribution is 0.684. The largest absolute Gasteiger partial charge is 0.368 e. The van der Waals surface area contributed by atoms with Crippen LogP contribution < -0.4 is 11.1 Å². The van der Waals surface area contributed by atoms with Crippen LogP contribution in [-0.4, -0.2) is 21.3 Å². The Bertz CT molecular complexity index is 579. The SMILES string of the molecule is CC(C)CNc1nc(N)n(-c2ccc(Cl)c(Cl)c2)n1. The quantitative estimate of drug-likeness (QED) is 0.909. The summed E-state index contributed by atoms with van der Waals surface area (Å²) in [6.07, 6.45) is 0. The van der Waals surface area contributed by atoms with Gasteiger partial charge in [0, 0.05) is 6.54 Å². The van der Waals surface area contributed by atoms with Crippen molar-refractivity contribution in [1.29, 1.82) is 0 Å². The van der Waals surface area contributed by atoms with E-state index in [2.05, 4.69) is 29.2 Å². The summed E-state index contributed by atoms with van der Waals surface area (Å²) in [4.78, 5) is 4.15. The second-order valence-electron chi connectivity index (χ2n) is 4.58. The highest BCUT2D eigenvalue weighted by Crippen LogP contribution is 2.25. The maximum Gasteiger partial charge on any atom is 0.244 e. The minimum Gasteiger partial charge on any atom is -0.368 e. The molecule has 0 radical (unpaired) electrons. The number of rotatable bonds is 4. The molecule has 0 saturated heterocycles. The van der Waals surface area contributed by atoms with Gasteiger partial charge in [-0.3, -0.25) is 0 Å². The molecule has 102 valence electrons. The fourth-order valence-electron chi connectivity index (χ4n) is 1.50. The number of hydrogen-bond donors (Lipinski definition) is 2. The molecule has 1 heterocycles. The lowest BCUT2D eigenvalue weighted by Crippen LogP contribution is -2.09. The molecule has 0 unspecified atom stereocenters. The van der Waals surface area contributed by atoms with Crippen molar-refractivity contribution in [3.05, 3.63) is 28.2 Å². The van der Waals surface area contributed by atoms with Crippen molar-refractivity contribution in [2.24, 2.45) is 5.92 Å². The molecule has 3 N–H and O–H groups in total. The molecule has 19 heavy (non-hydrogen) atoms. The summed E-state index contributed by atoms with van der Waals surface area (Å²) >= 11 is 11.9. The zero-order valence-corrected chi connectivity index (χ0v) is 12.2. The van der Waals surface area contributed by atoms with Gasteiger partial charge in [0.05, 0.1) is 15.7 Å². The molecular formula is C12H15Cl2N5. The predicted octanol–water partition coefficient (Wildman–Crippen LogP) is 3.22. The number of aromatic nitrogens is 3. The number of nitrogens with two attached hydrogens (primary N) is 1. The van der Waals surface area contributed by atoms with Gasteiger partial charge in [0.1, 0.15) is 0 Å². The number of halogens is 2. The van der Waals surface area contributed by atoms with E-state index in [0.29, 0.717) is 27.9 Å². The fraction of sp³-hybridized carbons (Fsp3) is 0.333. The third-order valence-electron chi connectivity index (χ3n) is 2.45. The Hall–Kier alpha value is -1.46.